The molecule has 4 nitrogen and oxygen atoms in total. The van der Waals surface area contributed by atoms with E-state index in [1.807, 2.05) is 33.1 Å². The number of aryl methyl sites for hydroxylation is 1. The third-order valence-electron chi connectivity index (χ3n) is 3.01. The lowest BCUT2D eigenvalue weighted by Crippen LogP contribution is -2.51. The van der Waals surface area contributed by atoms with E-state index >= 15 is 0 Å². The van der Waals surface area contributed by atoms with Gasteiger partial charge in [0.15, 0.2) is 4.34 Å². The summed E-state index contributed by atoms with van der Waals surface area (Å²) in [6, 6.07) is 2.18. The van der Waals surface area contributed by atoms with Crippen LogP contribution in [-0.4, -0.2) is 21.7 Å². The van der Waals surface area contributed by atoms with Gasteiger partial charge in [0.2, 0.25) is 5.91 Å². The van der Waals surface area contributed by atoms with E-state index < -0.39 is 5.54 Å². The fraction of sp³-hybridized carbons (Fsp3) is 0.615. The number of thioether (sulfide) groups is 1. The molecule has 104 valence electrons. The van der Waals surface area contributed by atoms with Crippen LogP contribution in [0.25, 0.3) is 0 Å². The number of hydrogen-bond donors (Lipinski definition) is 1. The maximum Gasteiger partial charge on any atom is 0.234 e. The molecule has 0 aliphatic heterocycles. The summed E-state index contributed by atoms with van der Waals surface area (Å²) in [6.07, 6.45) is 0. The number of nitriles is 1. The van der Waals surface area contributed by atoms with E-state index in [9.17, 15) is 10.1 Å². The third-order valence-corrected chi connectivity index (χ3v) is 5.20. The minimum Gasteiger partial charge on any atom is -0.337 e. The van der Waals surface area contributed by atoms with Gasteiger partial charge < -0.3 is 5.32 Å². The smallest absolute Gasteiger partial charge is 0.234 e. The number of carbonyl (C=O) groups is 1. The molecular formula is C13H19N3OS2. The van der Waals surface area contributed by atoms with Gasteiger partial charge in [0.05, 0.1) is 11.3 Å². The fourth-order valence-electron chi connectivity index (χ4n) is 1.25. The van der Waals surface area contributed by atoms with E-state index in [2.05, 4.69) is 16.4 Å². The lowest BCUT2D eigenvalue weighted by atomic mass is 9.90. The van der Waals surface area contributed by atoms with Gasteiger partial charge in [0, 0.05) is 11.1 Å². The Kier molecular flexibility index (Phi) is 5.39. The molecule has 0 aliphatic carbocycles. The maximum atomic E-state index is 12.1. The predicted octanol–water partition coefficient (Wildman–Crippen LogP) is 2.99. The Morgan fingerprint density at radius 1 is 1.58 bits per heavy atom. The third kappa shape index (κ3) is 4.22. The number of nitrogens with zero attached hydrogens (tertiary/aromatic N) is 2. The van der Waals surface area contributed by atoms with Crippen LogP contribution in [0.5, 0.6) is 0 Å². The van der Waals surface area contributed by atoms with Crippen molar-refractivity contribution in [3.63, 3.8) is 0 Å². The van der Waals surface area contributed by atoms with Crippen LogP contribution in [0.1, 0.15) is 33.4 Å². The highest BCUT2D eigenvalue weighted by Gasteiger charge is 2.31. The second-order valence-electron chi connectivity index (χ2n) is 4.97. The summed E-state index contributed by atoms with van der Waals surface area (Å²) in [5.74, 6) is -0.0728. The summed E-state index contributed by atoms with van der Waals surface area (Å²) in [5, 5.41) is 13.7. The van der Waals surface area contributed by atoms with Crippen molar-refractivity contribution in [3.8, 4) is 6.07 Å². The van der Waals surface area contributed by atoms with Crippen molar-refractivity contribution in [1.82, 2.24) is 10.3 Å². The van der Waals surface area contributed by atoms with Gasteiger partial charge in [-0.1, -0.05) is 25.6 Å². The van der Waals surface area contributed by atoms with Crippen LogP contribution in [0.3, 0.4) is 0 Å². The zero-order valence-corrected chi connectivity index (χ0v) is 13.5. The number of rotatable bonds is 5. The highest BCUT2D eigenvalue weighted by molar-refractivity contribution is 8.02. The molecule has 1 aromatic heterocycles. The van der Waals surface area contributed by atoms with Crippen molar-refractivity contribution < 1.29 is 4.79 Å². The van der Waals surface area contributed by atoms with Crippen molar-refractivity contribution in [3.05, 3.63) is 11.1 Å². The van der Waals surface area contributed by atoms with E-state index in [1.165, 1.54) is 23.1 Å². The summed E-state index contributed by atoms with van der Waals surface area (Å²) in [7, 11) is 0. The molecule has 6 heteroatoms. The molecule has 0 saturated carbocycles. The Balaban J connectivity index is 2.65. The van der Waals surface area contributed by atoms with Crippen LogP contribution < -0.4 is 5.32 Å². The zero-order valence-electron chi connectivity index (χ0n) is 11.9. The molecule has 0 unspecified atom stereocenters. The minimum absolute atomic E-state index is 0.0563. The van der Waals surface area contributed by atoms with Crippen molar-refractivity contribution in [2.75, 3.05) is 0 Å². The Bertz CT molecular complexity index is 492. The highest BCUT2D eigenvalue weighted by Crippen LogP contribution is 2.27. The first-order chi connectivity index (χ1) is 8.78. The summed E-state index contributed by atoms with van der Waals surface area (Å²) < 4.78 is 0.878. The van der Waals surface area contributed by atoms with Crippen LogP contribution >= 0.6 is 23.1 Å². The van der Waals surface area contributed by atoms with Crippen molar-refractivity contribution in [2.45, 2.75) is 49.7 Å². The first-order valence-electron chi connectivity index (χ1n) is 6.10. The summed E-state index contributed by atoms with van der Waals surface area (Å²) >= 11 is 2.95. The lowest BCUT2D eigenvalue weighted by molar-refractivity contribution is -0.121. The first-order valence-corrected chi connectivity index (χ1v) is 7.86. The van der Waals surface area contributed by atoms with E-state index in [4.69, 9.17) is 0 Å². The predicted molar refractivity (Wildman–Crippen MR) is 79.2 cm³/mol. The molecule has 0 bridgehead atoms. The number of amides is 1. The normalized spacial score (nSPS) is 15.6. The highest BCUT2D eigenvalue weighted by atomic mass is 32.2. The molecule has 19 heavy (non-hydrogen) atoms. The quantitative estimate of drug-likeness (QED) is 0.849. The van der Waals surface area contributed by atoms with Gasteiger partial charge >= 0.3 is 0 Å². The molecule has 0 radical (unpaired) electrons. The average Bonchev–Trinajstić information content (AvgIpc) is 2.74. The monoisotopic (exact) mass is 297 g/mol. The topological polar surface area (TPSA) is 65.8 Å². The van der Waals surface area contributed by atoms with Gasteiger partial charge in [-0.05, 0) is 26.7 Å². The van der Waals surface area contributed by atoms with Gasteiger partial charge in [-0.3, -0.25) is 4.79 Å². The molecule has 1 N–H and O–H groups in total. The molecule has 0 saturated heterocycles. The number of thiazole rings is 1. The average molecular weight is 297 g/mol. The molecule has 0 spiro atoms. The molecule has 1 heterocycles. The molecule has 0 fully saturated rings. The fourth-order valence-corrected chi connectivity index (χ4v) is 3.24. The van der Waals surface area contributed by atoms with Gasteiger partial charge in [0.25, 0.3) is 0 Å². The lowest BCUT2D eigenvalue weighted by Gasteiger charge is -2.28. The molecule has 1 amide bonds. The second-order valence-corrected chi connectivity index (χ2v) is 7.42. The van der Waals surface area contributed by atoms with Crippen LogP contribution in [-0.2, 0) is 4.79 Å². The van der Waals surface area contributed by atoms with E-state index in [1.54, 1.807) is 6.92 Å². The van der Waals surface area contributed by atoms with E-state index in [0.29, 0.717) is 0 Å². The summed E-state index contributed by atoms with van der Waals surface area (Å²) in [6.45, 7) is 9.35. The van der Waals surface area contributed by atoms with Gasteiger partial charge in [0.1, 0.15) is 5.54 Å². The number of aromatic nitrogens is 1. The SMILES string of the molecule is Cc1csc(S[C@@H](C)C(=O)N[C@](C)(C#N)C(C)C)n1. The molecule has 1 aromatic rings. The summed E-state index contributed by atoms with van der Waals surface area (Å²) in [5.41, 5.74) is 0.134. The minimum atomic E-state index is -0.829. The first kappa shape index (κ1) is 16.0. The van der Waals surface area contributed by atoms with Gasteiger partial charge in [-0.15, -0.1) is 11.3 Å². The Morgan fingerprint density at radius 2 is 2.21 bits per heavy atom. The number of hydrogen-bond acceptors (Lipinski definition) is 5. The van der Waals surface area contributed by atoms with Crippen molar-refractivity contribution >= 4 is 29.0 Å². The molecule has 2 atom stereocenters. The van der Waals surface area contributed by atoms with Crippen LogP contribution in [0, 0.1) is 24.2 Å². The van der Waals surface area contributed by atoms with Crippen LogP contribution in [0.4, 0.5) is 0 Å². The maximum absolute atomic E-state index is 12.1. The van der Waals surface area contributed by atoms with Crippen LogP contribution in [0.2, 0.25) is 0 Å². The standard InChI is InChI=1S/C13H19N3OS2/c1-8(2)13(5,7-14)16-11(17)10(4)19-12-15-9(3)6-18-12/h6,8,10H,1-5H3,(H,16,17)/t10-,13+/m0/s1. The van der Waals surface area contributed by atoms with Crippen molar-refractivity contribution in [2.24, 2.45) is 5.92 Å². The Labute approximate surface area is 122 Å². The summed E-state index contributed by atoms with van der Waals surface area (Å²) in [4.78, 5) is 16.4. The number of nitrogens with one attached hydrogen (secondary N) is 1. The molecule has 0 aliphatic rings. The Hall–Kier alpha value is -1.06. The number of carbonyl (C=O) groups excluding carboxylic acids is 1. The van der Waals surface area contributed by atoms with Gasteiger partial charge in [-0.25, -0.2) is 4.98 Å². The zero-order chi connectivity index (χ0) is 14.6. The van der Waals surface area contributed by atoms with Crippen LogP contribution in [0.15, 0.2) is 9.72 Å². The van der Waals surface area contributed by atoms with E-state index in [-0.39, 0.29) is 17.1 Å². The molecule has 0 aromatic carbocycles. The largest absolute Gasteiger partial charge is 0.337 e. The van der Waals surface area contributed by atoms with Crippen molar-refractivity contribution in [1.29, 1.82) is 5.26 Å². The molecule has 1 rings (SSSR count). The Morgan fingerprint density at radius 3 is 2.63 bits per heavy atom. The molecular weight excluding hydrogens is 278 g/mol. The van der Waals surface area contributed by atoms with Gasteiger partial charge in [-0.2, -0.15) is 5.26 Å². The second kappa shape index (κ2) is 6.40. The van der Waals surface area contributed by atoms with E-state index in [0.717, 1.165) is 10.0 Å².